The molecule has 1 saturated heterocycles. The lowest BCUT2D eigenvalue weighted by atomic mass is 10.1. The van der Waals surface area contributed by atoms with E-state index in [9.17, 15) is 18.5 Å². The Hall–Kier alpha value is -5.54. The molecule has 0 bridgehead atoms. The van der Waals surface area contributed by atoms with Crippen LogP contribution in [-0.4, -0.2) is 82.7 Å². The van der Waals surface area contributed by atoms with Crippen LogP contribution < -0.4 is 25.2 Å². The quantitative estimate of drug-likeness (QED) is 0.0273. The van der Waals surface area contributed by atoms with Gasteiger partial charge >= 0.3 is 0 Å². The zero-order valence-electron chi connectivity index (χ0n) is 33.3. The van der Waals surface area contributed by atoms with Crippen molar-refractivity contribution < 1.29 is 13.3 Å². The Kier molecular flexibility index (Phi) is 14.9. The van der Waals surface area contributed by atoms with Crippen molar-refractivity contribution in [2.45, 2.75) is 29.2 Å². The van der Waals surface area contributed by atoms with Crippen LogP contribution in [-0.2, 0) is 10.0 Å². The maximum atomic E-state index is 13.5. The molecule has 5 aromatic rings. The Labute approximate surface area is 356 Å². The zero-order valence-corrected chi connectivity index (χ0v) is 35.7. The topological polar surface area (TPSA) is 135 Å². The SMILES string of the molecule is C/C=C\N=C(Nc1cccc(N2CCN(c3ccc(NS(=O)(=O)c4ccc(N[C@H](CCN(C)C)CSc5ccccc5)c([N+](=O)[O-])c4)cc3)CC2)c1)c1ccc(Cl)cc1. The molecule has 1 aliphatic rings. The van der Waals surface area contributed by atoms with Crippen LogP contribution in [0.25, 0.3) is 0 Å². The second kappa shape index (κ2) is 20.4. The number of hydrogen-bond donors (Lipinski definition) is 3. The fourth-order valence-electron chi connectivity index (χ4n) is 6.53. The Morgan fingerprint density at radius 1 is 0.881 bits per heavy atom. The first-order valence-corrected chi connectivity index (χ1v) is 22.1. The molecule has 0 aliphatic carbocycles. The summed E-state index contributed by atoms with van der Waals surface area (Å²) >= 11 is 7.78. The molecule has 3 N–H and O–H groups in total. The van der Waals surface area contributed by atoms with Gasteiger partial charge in [0.25, 0.3) is 15.7 Å². The first kappa shape index (κ1) is 43.0. The molecule has 0 saturated carbocycles. The molecule has 15 heteroatoms. The highest BCUT2D eigenvalue weighted by Gasteiger charge is 2.24. The van der Waals surface area contributed by atoms with E-state index in [1.54, 1.807) is 30.1 Å². The maximum absolute atomic E-state index is 13.5. The van der Waals surface area contributed by atoms with E-state index < -0.39 is 14.9 Å². The molecule has 1 heterocycles. The summed E-state index contributed by atoms with van der Waals surface area (Å²) in [6.07, 6.45) is 4.37. The van der Waals surface area contributed by atoms with E-state index in [1.165, 1.54) is 12.1 Å². The van der Waals surface area contributed by atoms with Gasteiger partial charge < -0.3 is 25.3 Å². The Morgan fingerprint density at radius 2 is 1.58 bits per heavy atom. The number of rotatable bonds is 17. The summed E-state index contributed by atoms with van der Waals surface area (Å²) in [5.74, 6) is 1.39. The molecule has 0 spiro atoms. The maximum Gasteiger partial charge on any atom is 0.293 e. The monoisotopic (exact) mass is 852 g/mol. The molecule has 0 amide bonds. The number of aliphatic imine (C=N–C) groups is 1. The van der Waals surface area contributed by atoms with E-state index in [0.717, 1.165) is 72.7 Å². The molecule has 0 radical (unpaired) electrons. The summed E-state index contributed by atoms with van der Waals surface area (Å²) in [6.45, 7) is 5.83. The highest BCUT2D eigenvalue weighted by Crippen LogP contribution is 2.31. The first-order valence-electron chi connectivity index (χ1n) is 19.3. The average molecular weight is 854 g/mol. The third-order valence-electron chi connectivity index (χ3n) is 9.66. The fraction of sp³-hybridized carbons (Fsp3) is 0.250. The number of hydrogen-bond acceptors (Lipinski definition) is 10. The molecule has 59 heavy (non-hydrogen) atoms. The van der Waals surface area contributed by atoms with Crippen molar-refractivity contribution in [2.24, 2.45) is 4.99 Å². The van der Waals surface area contributed by atoms with Gasteiger partial charge in [0, 0.05) is 88.5 Å². The van der Waals surface area contributed by atoms with Crippen LogP contribution in [0.1, 0.15) is 18.9 Å². The van der Waals surface area contributed by atoms with Gasteiger partial charge in [0.2, 0.25) is 0 Å². The highest BCUT2D eigenvalue weighted by molar-refractivity contribution is 7.99. The zero-order chi connectivity index (χ0) is 41.8. The van der Waals surface area contributed by atoms with Crippen molar-refractivity contribution in [1.82, 2.24) is 4.90 Å². The number of sulfonamides is 1. The summed E-state index contributed by atoms with van der Waals surface area (Å²) in [6, 6.07) is 36.9. The van der Waals surface area contributed by atoms with Gasteiger partial charge in [0.05, 0.1) is 9.82 Å². The predicted molar refractivity (Wildman–Crippen MR) is 245 cm³/mol. The van der Waals surface area contributed by atoms with Crippen molar-refractivity contribution >= 4 is 73.3 Å². The van der Waals surface area contributed by atoms with Crippen LogP contribution in [0.4, 0.5) is 34.1 Å². The van der Waals surface area contributed by atoms with Gasteiger partial charge in [-0.3, -0.25) is 14.8 Å². The molecule has 308 valence electrons. The van der Waals surface area contributed by atoms with Gasteiger partial charge in [0.15, 0.2) is 0 Å². The van der Waals surface area contributed by atoms with Gasteiger partial charge in [-0.25, -0.2) is 13.4 Å². The Balaban J connectivity index is 1.07. The standard InChI is InChI=1S/C44H49ClN8O4S2/c1-4-24-46-44(33-13-15-34(45)16-14-33)48-36-9-8-10-39(30-36)52-28-26-51(27-29-52)38-19-17-35(18-20-38)49-59(56,57)41-21-22-42(43(31-41)53(54)55)47-37(23-25-50(2)3)32-58-40-11-6-5-7-12-40/h4-22,24,30-31,37,47,49H,23,25-29,32H2,1-3H3,(H,46,48)/b24-4-/t37-/m1/s1. The van der Waals surface area contributed by atoms with Crippen LogP contribution in [0.3, 0.4) is 0 Å². The molecule has 0 unspecified atom stereocenters. The number of nitro benzene ring substituents is 1. The Morgan fingerprint density at radius 3 is 2.24 bits per heavy atom. The van der Waals surface area contributed by atoms with E-state index in [4.69, 9.17) is 11.6 Å². The average Bonchev–Trinajstić information content (AvgIpc) is 3.24. The van der Waals surface area contributed by atoms with Crippen molar-refractivity contribution in [3.05, 3.63) is 154 Å². The largest absolute Gasteiger partial charge is 0.376 e. The van der Waals surface area contributed by atoms with E-state index in [2.05, 4.69) is 47.2 Å². The number of piperazine rings is 1. The molecular formula is C44H49ClN8O4S2. The van der Waals surface area contributed by atoms with Gasteiger partial charge in [0.1, 0.15) is 11.5 Å². The van der Waals surface area contributed by atoms with E-state index >= 15 is 0 Å². The third kappa shape index (κ3) is 12.2. The van der Waals surface area contributed by atoms with E-state index in [0.29, 0.717) is 22.3 Å². The number of nitrogens with one attached hydrogen (secondary N) is 3. The molecule has 0 aromatic heterocycles. The molecule has 12 nitrogen and oxygen atoms in total. The number of nitrogens with zero attached hydrogens (tertiary/aromatic N) is 5. The van der Waals surface area contributed by atoms with Gasteiger partial charge in [-0.05, 0) is 125 Å². The molecule has 1 fully saturated rings. The Bertz CT molecular complexity index is 2340. The van der Waals surface area contributed by atoms with Gasteiger partial charge in [-0.15, -0.1) is 11.8 Å². The van der Waals surface area contributed by atoms with Gasteiger partial charge in [-0.2, -0.15) is 0 Å². The fourth-order valence-corrected chi connectivity index (χ4v) is 8.72. The second-order valence-electron chi connectivity index (χ2n) is 14.3. The summed E-state index contributed by atoms with van der Waals surface area (Å²) in [5.41, 5.74) is 4.24. The molecule has 6 rings (SSSR count). The van der Waals surface area contributed by atoms with Crippen LogP contribution >= 0.6 is 23.4 Å². The van der Waals surface area contributed by atoms with Gasteiger partial charge in [-0.1, -0.05) is 41.9 Å². The lowest BCUT2D eigenvalue weighted by Gasteiger charge is -2.37. The minimum absolute atomic E-state index is 0.0970. The number of benzene rings is 5. The van der Waals surface area contributed by atoms with Crippen LogP contribution in [0.15, 0.2) is 148 Å². The predicted octanol–water partition coefficient (Wildman–Crippen LogP) is 9.29. The molecular weight excluding hydrogens is 804 g/mol. The summed E-state index contributed by atoms with van der Waals surface area (Å²) < 4.78 is 29.6. The molecule has 1 aliphatic heterocycles. The van der Waals surface area contributed by atoms with Crippen LogP contribution in [0, 0.1) is 10.1 Å². The van der Waals surface area contributed by atoms with Crippen LogP contribution in [0.2, 0.25) is 5.02 Å². The number of nitro groups is 1. The second-order valence-corrected chi connectivity index (χ2v) is 17.5. The summed E-state index contributed by atoms with van der Waals surface area (Å²) in [7, 11) is -0.165. The van der Waals surface area contributed by atoms with Crippen molar-refractivity contribution in [3.63, 3.8) is 0 Å². The normalized spacial score (nSPS) is 14.1. The third-order valence-corrected chi connectivity index (χ3v) is 12.5. The number of anilines is 5. The molecule has 5 aromatic carbocycles. The smallest absolute Gasteiger partial charge is 0.293 e. The van der Waals surface area contributed by atoms with E-state index in [1.807, 2.05) is 106 Å². The minimum atomic E-state index is -4.13. The minimum Gasteiger partial charge on any atom is -0.376 e. The first-order chi connectivity index (χ1) is 28.5. The van der Waals surface area contributed by atoms with Crippen LogP contribution in [0.5, 0.6) is 0 Å². The van der Waals surface area contributed by atoms with Crippen molar-refractivity contribution in [3.8, 4) is 0 Å². The lowest BCUT2D eigenvalue weighted by molar-refractivity contribution is -0.384. The van der Waals surface area contributed by atoms with Crippen molar-refractivity contribution in [1.29, 1.82) is 0 Å². The number of amidine groups is 1. The summed E-state index contributed by atoms with van der Waals surface area (Å²) in [4.78, 5) is 23.9. The number of allylic oxidation sites excluding steroid dienone is 1. The van der Waals surface area contributed by atoms with Crippen molar-refractivity contribution in [2.75, 3.05) is 77.7 Å². The van der Waals surface area contributed by atoms with E-state index in [-0.39, 0.29) is 22.3 Å². The summed E-state index contributed by atoms with van der Waals surface area (Å²) in [5, 5.41) is 19.7. The number of thioether (sulfide) groups is 1. The number of halogens is 1. The molecule has 1 atom stereocenters. The lowest BCUT2D eigenvalue weighted by Crippen LogP contribution is -2.46. The highest BCUT2D eigenvalue weighted by atomic mass is 35.5.